The standard InChI is InChI=1S/C13H29IP/c1-4-7-10-15(13-14,11-8-5-2)12-9-6-3/h4-13H2,1-3H3/q+1. The first-order valence-corrected chi connectivity index (χ1v) is 10.7. The molecular formula is C13H29IP+. The monoisotopic (exact) mass is 343 g/mol. The Kier molecular flexibility index (Phi) is 11.1. The van der Waals surface area contributed by atoms with E-state index in [1.54, 1.807) is 18.5 Å². The maximum Gasteiger partial charge on any atom is 0.109 e. The molecule has 0 radical (unpaired) electrons. The molecule has 0 amide bonds. The van der Waals surface area contributed by atoms with E-state index >= 15 is 0 Å². The second-order valence-corrected chi connectivity index (χ2v) is 11.0. The van der Waals surface area contributed by atoms with Crippen molar-refractivity contribution >= 4 is 29.9 Å². The van der Waals surface area contributed by atoms with E-state index in [0.29, 0.717) is 0 Å². The molecule has 0 atom stereocenters. The molecule has 0 aromatic heterocycles. The molecule has 0 heterocycles. The normalized spacial score (nSPS) is 12.0. The van der Waals surface area contributed by atoms with Gasteiger partial charge in [0.2, 0.25) is 0 Å². The van der Waals surface area contributed by atoms with Crippen molar-refractivity contribution in [3.05, 3.63) is 0 Å². The van der Waals surface area contributed by atoms with Gasteiger partial charge >= 0.3 is 0 Å². The third kappa shape index (κ3) is 7.15. The minimum Gasteiger partial charge on any atom is -0.0652 e. The predicted octanol–water partition coefficient (Wildman–Crippen LogP) is 5.80. The fraction of sp³-hybridized carbons (Fsp3) is 1.00. The second kappa shape index (κ2) is 10.3. The summed E-state index contributed by atoms with van der Waals surface area (Å²) in [5.74, 6) is 0. The first kappa shape index (κ1) is 16.2. The van der Waals surface area contributed by atoms with Gasteiger partial charge in [0.1, 0.15) is 4.17 Å². The van der Waals surface area contributed by atoms with Crippen LogP contribution in [0.4, 0.5) is 0 Å². The molecule has 0 aromatic carbocycles. The van der Waals surface area contributed by atoms with Gasteiger partial charge in [0.25, 0.3) is 0 Å². The lowest BCUT2D eigenvalue weighted by Crippen LogP contribution is -2.09. The third-order valence-corrected chi connectivity index (χ3v) is 11.9. The van der Waals surface area contributed by atoms with Crippen LogP contribution in [0.25, 0.3) is 0 Å². The van der Waals surface area contributed by atoms with Crippen molar-refractivity contribution in [2.45, 2.75) is 59.3 Å². The summed E-state index contributed by atoms with van der Waals surface area (Å²) >= 11 is 2.67. The van der Waals surface area contributed by atoms with Gasteiger partial charge < -0.3 is 0 Å². The summed E-state index contributed by atoms with van der Waals surface area (Å²) in [4.78, 5) is 0. The SMILES string of the molecule is CCCC[P+](CI)(CCCC)CCCC. The zero-order valence-electron chi connectivity index (χ0n) is 10.9. The summed E-state index contributed by atoms with van der Waals surface area (Å²) in [6.07, 6.45) is 13.3. The molecule has 0 aliphatic carbocycles. The van der Waals surface area contributed by atoms with E-state index in [9.17, 15) is 0 Å². The molecule has 0 fully saturated rings. The van der Waals surface area contributed by atoms with Crippen LogP contribution in [-0.4, -0.2) is 22.7 Å². The maximum atomic E-state index is 2.67. The molecule has 0 aromatic rings. The van der Waals surface area contributed by atoms with E-state index in [1.807, 2.05) is 0 Å². The molecule has 15 heavy (non-hydrogen) atoms. The lowest BCUT2D eigenvalue weighted by atomic mass is 10.4. The molecule has 0 saturated heterocycles. The van der Waals surface area contributed by atoms with Crippen molar-refractivity contribution < 1.29 is 0 Å². The average molecular weight is 343 g/mol. The Labute approximate surface area is 111 Å². The molecule has 0 nitrogen and oxygen atoms in total. The average Bonchev–Trinajstić information content (AvgIpc) is 2.29. The lowest BCUT2D eigenvalue weighted by molar-refractivity contribution is 0.838. The van der Waals surface area contributed by atoms with E-state index in [4.69, 9.17) is 0 Å². The number of unbranched alkanes of at least 4 members (excludes halogenated alkanes) is 3. The van der Waals surface area contributed by atoms with Gasteiger partial charge in [-0.3, -0.25) is 0 Å². The van der Waals surface area contributed by atoms with Crippen molar-refractivity contribution in [3.8, 4) is 0 Å². The number of hydrogen-bond acceptors (Lipinski definition) is 0. The maximum absolute atomic E-state index is 2.67. The Bertz CT molecular complexity index is 115. The van der Waals surface area contributed by atoms with Crippen LogP contribution in [0.3, 0.4) is 0 Å². The highest BCUT2D eigenvalue weighted by Crippen LogP contribution is 2.61. The van der Waals surface area contributed by atoms with Gasteiger partial charge in [0, 0.05) is 7.26 Å². The van der Waals surface area contributed by atoms with Crippen LogP contribution in [0.5, 0.6) is 0 Å². The van der Waals surface area contributed by atoms with Crippen molar-refractivity contribution in [1.82, 2.24) is 0 Å². The summed E-state index contributed by atoms with van der Waals surface area (Å²) in [5, 5.41) is 0. The quantitative estimate of drug-likeness (QED) is 0.267. The van der Waals surface area contributed by atoms with E-state index in [-0.39, 0.29) is 0 Å². The molecule has 92 valence electrons. The van der Waals surface area contributed by atoms with Gasteiger partial charge in [0.05, 0.1) is 18.5 Å². The molecule has 0 aliphatic rings. The van der Waals surface area contributed by atoms with Crippen LogP contribution in [0.1, 0.15) is 59.3 Å². The third-order valence-electron chi connectivity index (χ3n) is 3.21. The minimum atomic E-state index is -0.540. The Morgan fingerprint density at radius 3 is 1.27 bits per heavy atom. The summed E-state index contributed by atoms with van der Waals surface area (Å²) in [7, 11) is -0.540. The van der Waals surface area contributed by atoms with Crippen molar-refractivity contribution in [2.75, 3.05) is 22.7 Å². The topological polar surface area (TPSA) is 0 Å². The Hall–Kier alpha value is 1.16. The van der Waals surface area contributed by atoms with E-state index < -0.39 is 7.26 Å². The van der Waals surface area contributed by atoms with Crippen LogP contribution in [-0.2, 0) is 0 Å². The van der Waals surface area contributed by atoms with E-state index in [2.05, 4.69) is 43.4 Å². The number of alkyl halides is 1. The van der Waals surface area contributed by atoms with E-state index in [1.165, 1.54) is 42.7 Å². The Morgan fingerprint density at radius 2 is 1.07 bits per heavy atom. The molecule has 0 saturated carbocycles. The van der Waals surface area contributed by atoms with E-state index in [0.717, 1.165) is 0 Å². The number of rotatable bonds is 10. The van der Waals surface area contributed by atoms with Gasteiger partial charge in [-0.25, -0.2) is 0 Å². The van der Waals surface area contributed by atoms with Crippen LogP contribution in [0.2, 0.25) is 0 Å². The smallest absolute Gasteiger partial charge is 0.0652 e. The first-order valence-electron chi connectivity index (χ1n) is 6.65. The fourth-order valence-electron chi connectivity index (χ4n) is 2.00. The Morgan fingerprint density at radius 1 is 0.733 bits per heavy atom. The zero-order chi connectivity index (χ0) is 11.6. The highest BCUT2D eigenvalue weighted by atomic mass is 127. The van der Waals surface area contributed by atoms with Crippen molar-refractivity contribution in [3.63, 3.8) is 0 Å². The van der Waals surface area contributed by atoms with Gasteiger partial charge in [-0.15, -0.1) is 0 Å². The van der Waals surface area contributed by atoms with Crippen LogP contribution in [0, 0.1) is 0 Å². The van der Waals surface area contributed by atoms with Gasteiger partial charge in [-0.2, -0.15) is 0 Å². The summed E-state index contributed by atoms with van der Waals surface area (Å²) in [5.41, 5.74) is 0. The molecule has 0 aliphatic heterocycles. The van der Waals surface area contributed by atoms with Crippen LogP contribution >= 0.6 is 29.9 Å². The van der Waals surface area contributed by atoms with Crippen LogP contribution in [0.15, 0.2) is 0 Å². The molecule has 0 bridgehead atoms. The largest absolute Gasteiger partial charge is 0.109 e. The zero-order valence-corrected chi connectivity index (χ0v) is 13.9. The molecular weight excluding hydrogens is 314 g/mol. The van der Waals surface area contributed by atoms with Gasteiger partial charge in [-0.1, -0.05) is 40.0 Å². The minimum absolute atomic E-state index is 0.540. The highest BCUT2D eigenvalue weighted by molar-refractivity contribution is 14.1. The summed E-state index contributed by atoms with van der Waals surface area (Å²) in [6.45, 7) is 7.00. The predicted molar refractivity (Wildman–Crippen MR) is 85.1 cm³/mol. The van der Waals surface area contributed by atoms with Crippen molar-refractivity contribution in [2.24, 2.45) is 0 Å². The first-order chi connectivity index (χ1) is 7.24. The Balaban J connectivity index is 4.16. The fourth-order valence-corrected chi connectivity index (χ4v) is 9.06. The van der Waals surface area contributed by atoms with Gasteiger partial charge in [-0.05, 0) is 41.9 Å². The molecule has 0 rings (SSSR count). The lowest BCUT2D eigenvalue weighted by Gasteiger charge is -2.25. The highest BCUT2D eigenvalue weighted by Gasteiger charge is 2.33. The van der Waals surface area contributed by atoms with Gasteiger partial charge in [0.15, 0.2) is 0 Å². The van der Waals surface area contributed by atoms with Crippen molar-refractivity contribution in [1.29, 1.82) is 0 Å². The molecule has 0 unspecified atom stereocenters. The second-order valence-electron chi connectivity index (χ2n) is 4.69. The molecule has 0 N–H and O–H groups in total. The molecule has 0 spiro atoms. The van der Waals surface area contributed by atoms with Crippen LogP contribution < -0.4 is 0 Å². The summed E-state index contributed by atoms with van der Waals surface area (Å²) in [6, 6.07) is 0. The number of hydrogen-bond donors (Lipinski definition) is 0. The summed E-state index contributed by atoms with van der Waals surface area (Å²) < 4.78 is 1.48. The number of halogens is 1. The molecule has 2 heteroatoms.